The first-order chi connectivity index (χ1) is 13.6. The van der Waals surface area contributed by atoms with Gasteiger partial charge < -0.3 is 9.47 Å². The Kier molecular flexibility index (Phi) is 4.67. The fourth-order valence-electron chi connectivity index (χ4n) is 2.90. The Morgan fingerprint density at radius 1 is 1.11 bits per heavy atom. The summed E-state index contributed by atoms with van der Waals surface area (Å²) in [6, 6.07) is 13.0. The van der Waals surface area contributed by atoms with Crippen LogP contribution in [-0.4, -0.2) is 37.3 Å². The van der Waals surface area contributed by atoms with Crippen molar-refractivity contribution in [3.05, 3.63) is 78.0 Å². The highest BCUT2D eigenvalue weighted by atomic mass is 35.5. The van der Waals surface area contributed by atoms with Gasteiger partial charge in [-0.15, -0.1) is 0 Å². The zero-order valence-electron chi connectivity index (χ0n) is 15.3. The quantitative estimate of drug-likeness (QED) is 0.532. The summed E-state index contributed by atoms with van der Waals surface area (Å²) in [5.41, 5.74) is 2.71. The summed E-state index contributed by atoms with van der Waals surface area (Å²) >= 11 is 6.26. The van der Waals surface area contributed by atoms with Crippen LogP contribution in [0.5, 0.6) is 0 Å². The number of carbonyl (C=O) groups excluding carboxylic acids is 1. The molecular formula is C20H17ClN6O. The molecule has 0 bridgehead atoms. The number of nitrogens with zero attached hydrogens (tertiary/aromatic N) is 6. The molecule has 0 saturated heterocycles. The van der Waals surface area contributed by atoms with Crippen LogP contribution < -0.4 is 4.90 Å². The van der Waals surface area contributed by atoms with E-state index in [0.29, 0.717) is 22.4 Å². The fourth-order valence-corrected chi connectivity index (χ4v) is 3.13. The molecule has 3 heterocycles. The number of halogens is 1. The van der Waals surface area contributed by atoms with Crippen LogP contribution in [0.3, 0.4) is 0 Å². The maximum absolute atomic E-state index is 12.9. The third-order valence-electron chi connectivity index (χ3n) is 4.46. The van der Waals surface area contributed by atoms with Crippen molar-refractivity contribution in [2.75, 3.05) is 11.9 Å². The van der Waals surface area contributed by atoms with Gasteiger partial charge in [-0.1, -0.05) is 29.8 Å². The Morgan fingerprint density at radius 2 is 1.93 bits per heavy atom. The van der Waals surface area contributed by atoms with Gasteiger partial charge in [-0.25, -0.2) is 9.67 Å². The van der Waals surface area contributed by atoms with E-state index in [4.69, 9.17) is 11.6 Å². The van der Waals surface area contributed by atoms with Gasteiger partial charge >= 0.3 is 0 Å². The molecule has 0 spiro atoms. The lowest BCUT2D eigenvalue weighted by Gasteiger charge is -2.17. The highest BCUT2D eigenvalue weighted by Crippen LogP contribution is 2.26. The number of amides is 1. The first-order valence-corrected chi connectivity index (χ1v) is 8.95. The van der Waals surface area contributed by atoms with Crippen molar-refractivity contribution >= 4 is 23.2 Å². The zero-order chi connectivity index (χ0) is 19.7. The summed E-state index contributed by atoms with van der Waals surface area (Å²) in [5.74, 6) is 0.342. The number of carbonyl (C=O) groups is 1. The summed E-state index contributed by atoms with van der Waals surface area (Å²) in [4.78, 5) is 22.8. The van der Waals surface area contributed by atoms with Crippen LogP contribution >= 0.6 is 11.6 Å². The second kappa shape index (κ2) is 7.28. The highest BCUT2D eigenvalue weighted by molar-refractivity contribution is 6.33. The lowest BCUT2D eigenvalue weighted by molar-refractivity contribution is 0.0985. The van der Waals surface area contributed by atoms with Gasteiger partial charge in [0.25, 0.3) is 5.91 Å². The molecule has 7 nitrogen and oxygen atoms in total. The number of hydrogen-bond donors (Lipinski definition) is 0. The molecule has 0 N–H and O–H groups in total. The fraction of sp³-hybridized carbons (Fsp3) is 0.100. The summed E-state index contributed by atoms with van der Waals surface area (Å²) in [6.45, 7) is 0. The number of anilines is 1. The van der Waals surface area contributed by atoms with E-state index in [2.05, 4.69) is 15.1 Å². The van der Waals surface area contributed by atoms with Gasteiger partial charge in [-0.2, -0.15) is 5.10 Å². The molecule has 4 rings (SSSR count). The molecular weight excluding hydrogens is 376 g/mol. The van der Waals surface area contributed by atoms with E-state index in [0.717, 1.165) is 11.3 Å². The molecule has 1 aromatic carbocycles. The SMILES string of the molecule is CN(C(=O)c1cnc(-n2ccc(-c3ccccc3Cl)n2)n1C)c1cccnc1. The molecule has 140 valence electrons. The highest BCUT2D eigenvalue weighted by Gasteiger charge is 2.20. The van der Waals surface area contributed by atoms with Gasteiger partial charge in [0.15, 0.2) is 0 Å². The minimum absolute atomic E-state index is 0.187. The van der Waals surface area contributed by atoms with Crippen LogP contribution in [0.25, 0.3) is 17.2 Å². The van der Waals surface area contributed by atoms with Crippen molar-refractivity contribution in [1.29, 1.82) is 0 Å². The molecule has 0 saturated carbocycles. The molecule has 28 heavy (non-hydrogen) atoms. The van der Waals surface area contributed by atoms with Crippen molar-refractivity contribution in [2.24, 2.45) is 7.05 Å². The topological polar surface area (TPSA) is 68.8 Å². The maximum Gasteiger partial charge on any atom is 0.276 e. The van der Waals surface area contributed by atoms with Crippen LogP contribution in [0.1, 0.15) is 10.5 Å². The maximum atomic E-state index is 12.9. The van der Waals surface area contributed by atoms with Crippen LogP contribution in [0.4, 0.5) is 5.69 Å². The zero-order valence-corrected chi connectivity index (χ0v) is 16.1. The molecule has 0 aliphatic heterocycles. The van der Waals surface area contributed by atoms with Crippen LogP contribution in [0.15, 0.2) is 67.3 Å². The number of benzene rings is 1. The Morgan fingerprint density at radius 3 is 2.68 bits per heavy atom. The van der Waals surface area contributed by atoms with Crippen molar-refractivity contribution in [2.45, 2.75) is 0 Å². The van der Waals surface area contributed by atoms with Crippen molar-refractivity contribution < 1.29 is 4.79 Å². The second-order valence-electron chi connectivity index (χ2n) is 6.20. The number of rotatable bonds is 4. The molecule has 0 fully saturated rings. The average molecular weight is 393 g/mol. The lowest BCUT2D eigenvalue weighted by Crippen LogP contribution is -2.28. The number of pyridine rings is 1. The first-order valence-electron chi connectivity index (χ1n) is 8.57. The molecule has 1 amide bonds. The van der Waals surface area contributed by atoms with E-state index in [1.54, 1.807) is 54.2 Å². The predicted molar refractivity (Wildman–Crippen MR) is 108 cm³/mol. The van der Waals surface area contributed by atoms with E-state index in [9.17, 15) is 4.79 Å². The van der Waals surface area contributed by atoms with Gasteiger partial charge in [-0.3, -0.25) is 9.78 Å². The first kappa shape index (κ1) is 17.9. The van der Waals surface area contributed by atoms with Crippen LogP contribution in [-0.2, 0) is 7.05 Å². The van der Waals surface area contributed by atoms with Crippen molar-refractivity contribution in [3.8, 4) is 17.2 Å². The third-order valence-corrected chi connectivity index (χ3v) is 4.79. The van der Waals surface area contributed by atoms with Gasteiger partial charge in [0.1, 0.15) is 5.69 Å². The van der Waals surface area contributed by atoms with Gasteiger partial charge in [0.2, 0.25) is 5.95 Å². The molecule has 0 unspecified atom stereocenters. The van der Waals surface area contributed by atoms with E-state index in [1.165, 1.54) is 4.90 Å². The summed E-state index contributed by atoms with van der Waals surface area (Å²) in [6.07, 6.45) is 6.64. The molecule has 4 aromatic rings. The number of hydrogen-bond acceptors (Lipinski definition) is 4. The Balaban J connectivity index is 1.64. The second-order valence-corrected chi connectivity index (χ2v) is 6.61. The van der Waals surface area contributed by atoms with E-state index < -0.39 is 0 Å². The largest absolute Gasteiger partial charge is 0.309 e. The molecule has 0 aliphatic rings. The molecule has 0 atom stereocenters. The Labute approximate surface area is 166 Å². The standard InChI is InChI=1S/C20H17ClN6O/c1-25(14-6-5-10-22-12-14)19(28)18-13-23-20(26(18)2)27-11-9-17(24-27)15-7-3-4-8-16(15)21/h3-13H,1-2H3. The molecule has 0 radical (unpaired) electrons. The predicted octanol–water partition coefficient (Wildman–Crippen LogP) is 3.60. The number of imidazole rings is 1. The van der Waals surface area contributed by atoms with Crippen molar-refractivity contribution in [3.63, 3.8) is 0 Å². The monoisotopic (exact) mass is 392 g/mol. The third kappa shape index (κ3) is 3.16. The van der Waals surface area contributed by atoms with Crippen LogP contribution in [0, 0.1) is 0 Å². The van der Waals surface area contributed by atoms with Gasteiger partial charge in [0, 0.05) is 32.1 Å². The Bertz CT molecular complexity index is 1130. The van der Waals surface area contributed by atoms with E-state index in [1.807, 2.05) is 36.4 Å². The Hall–Kier alpha value is -3.45. The van der Waals surface area contributed by atoms with Gasteiger partial charge in [0.05, 0.1) is 28.8 Å². The van der Waals surface area contributed by atoms with E-state index in [-0.39, 0.29) is 5.91 Å². The summed E-state index contributed by atoms with van der Waals surface area (Å²) < 4.78 is 3.33. The number of aromatic nitrogens is 5. The lowest BCUT2D eigenvalue weighted by atomic mass is 10.2. The molecule has 8 heteroatoms. The summed E-state index contributed by atoms with van der Waals surface area (Å²) in [5, 5.41) is 5.19. The van der Waals surface area contributed by atoms with Gasteiger partial charge in [-0.05, 0) is 24.3 Å². The normalized spacial score (nSPS) is 10.8. The average Bonchev–Trinajstić information content (AvgIpc) is 3.34. The molecule has 3 aromatic heterocycles. The van der Waals surface area contributed by atoms with E-state index >= 15 is 0 Å². The van der Waals surface area contributed by atoms with Crippen LogP contribution in [0.2, 0.25) is 5.02 Å². The molecule has 0 aliphatic carbocycles. The minimum Gasteiger partial charge on any atom is -0.309 e. The minimum atomic E-state index is -0.187. The van der Waals surface area contributed by atoms with Crippen molar-refractivity contribution in [1.82, 2.24) is 24.3 Å². The summed E-state index contributed by atoms with van der Waals surface area (Å²) in [7, 11) is 3.49. The smallest absolute Gasteiger partial charge is 0.276 e.